The van der Waals surface area contributed by atoms with E-state index in [9.17, 15) is 4.39 Å². The lowest BCUT2D eigenvalue weighted by Gasteiger charge is -2.38. The van der Waals surface area contributed by atoms with Gasteiger partial charge in [0.25, 0.3) is 0 Å². The molecule has 0 saturated carbocycles. The smallest absolute Gasteiger partial charge is 0.146 e. The Bertz CT molecular complexity index is 430. The van der Waals surface area contributed by atoms with Crippen LogP contribution >= 0.6 is 11.6 Å². The van der Waals surface area contributed by atoms with Crippen molar-refractivity contribution in [2.75, 3.05) is 20.2 Å². The first-order valence-corrected chi connectivity index (χ1v) is 6.93. The summed E-state index contributed by atoms with van der Waals surface area (Å²) >= 11 is 5.81. The van der Waals surface area contributed by atoms with Gasteiger partial charge in [-0.05, 0) is 18.9 Å². The zero-order valence-corrected chi connectivity index (χ0v) is 11.9. The van der Waals surface area contributed by atoms with Crippen LogP contribution in [0.15, 0.2) is 18.2 Å². The zero-order chi connectivity index (χ0) is 13.8. The van der Waals surface area contributed by atoms with E-state index in [1.807, 2.05) is 0 Å². The van der Waals surface area contributed by atoms with Crippen molar-refractivity contribution >= 4 is 11.6 Å². The standard InChI is InChI=1S/C14H20ClFN2O/c1-19-12-5-6-18(11(7-12)8-17)9-10-3-2-4-13(15)14(10)16/h2-4,11-12H,5-9,17H2,1H3. The summed E-state index contributed by atoms with van der Waals surface area (Å²) < 4.78 is 19.3. The molecule has 0 radical (unpaired) electrons. The van der Waals surface area contributed by atoms with Crippen LogP contribution in [0.2, 0.25) is 5.02 Å². The van der Waals surface area contributed by atoms with E-state index in [4.69, 9.17) is 22.1 Å². The van der Waals surface area contributed by atoms with Gasteiger partial charge in [-0.15, -0.1) is 0 Å². The first-order chi connectivity index (χ1) is 9.15. The number of nitrogens with zero attached hydrogens (tertiary/aromatic N) is 1. The minimum atomic E-state index is -0.325. The van der Waals surface area contributed by atoms with Gasteiger partial charge in [0.05, 0.1) is 11.1 Å². The van der Waals surface area contributed by atoms with Gasteiger partial charge < -0.3 is 10.5 Å². The largest absolute Gasteiger partial charge is 0.381 e. The molecule has 0 spiro atoms. The number of ether oxygens (including phenoxy) is 1. The van der Waals surface area contributed by atoms with E-state index >= 15 is 0 Å². The Morgan fingerprint density at radius 3 is 3.00 bits per heavy atom. The summed E-state index contributed by atoms with van der Waals surface area (Å²) in [4.78, 5) is 2.21. The molecule has 2 atom stereocenters. The van der Waals surface area contributed by atoms with E-state index in [1.165, 1.54) is 0 Å². The number of benzene rings is 1. The molecule has 1 saturated heterocycles. The molecule has 1 heterocycles. The maximum absolute atomic E-state index is 13.9. The molecule has 1 aromatic rings. The highest BCUT2D eigenvalue weighted by atomic mass is 35.5. The minimum Gasteiger partial charge on any atom is -0.381 e. The van der Waals surface area contributed by atoms with Crippen LogP contribution in [0.4, 0.5) is 4.39 Å². The Hall–Kier alpha value is -0.680. The fourth-order valence-electron chi connectivity index (χ4n) is 2.62. The molecular formula is C14H20ClFN2O. The van der Waals surface area contributed by atoms with Crippen LogP contribution < -0.4 is 5.73 Å². The van der Waals surface area contributed by atoms with E-state index < -0.39 is 0 Å². The lowest BCUT2D eigenvalue weighted by atomic mass is 9.98. The van der Waals surface area contributed by atoms with E-state index in [2.05, 4.69) is 4.90 Å². The molecule has 0 bridgehead atoms. The van der Waals surface area contributed by atoms with Crippen molar-refractivity contribution in [1.29, 1.82) is 0 Å². The maximum atomic E-state index is 13.9. The lowest BCUT2D eigenvalue weighted by molar-refractivity contribution is 0.00988. The minimum absolute atomic E-state index is 0.175. The number of nitrogens with two attached hydrogens (primary N) is 1. The third-order valence-electron chi connectivity index (χ3n) is 3.80. The molecule has 3 nitrogen and oxygen atoms in total. The van der Waals surface area contributed by atoms with Crippen LogP contribution in [0.5, 0.6) is 0 Å². The molecule has 1 aliphatic rings. The van der Waals surface area contributed by atoms with Gasteiger partial charge >= 0.3 is 0 Å². The molecule has 2 rings (SSSR count). The third-order valence-corrected chi connectivity index (χ3v) is 4.09. The predicted octanol–water partition coefficient (Wildman–Crippen LogP) is 2.42. The van der Waals surface area contributed by atoms with Gasteiger partial charge in [0, 0.05) is 38.3 Å². The molecule has 5 heteroatoms. The van der Waals surface area contributed by atoms with Crippen molar-refractivity contribution in [2.45, 2.75) is 31.5 Å². The second kappa shape index (κ2) is 6.66. The molecule has 1 fully saturated rings. The Morgan fingerprint density at radius 2 is 2.32 bits per heavy atom. The van der Waals surface area contributed by atoms with Crippen molar-refractivity contribution in [3.8, 4) is 0 Å². The Kier molecular flexibility index (Phi) is 5.16. The molecule has 0 amide bonds. The number of piperidine rings is 1. The SMILES string of the molecule is COC1CCN(Cc2cccc(Cl)c2F)C(CN)C1. The summed E-state index contributed by atoms with van der Waals surface area (Å²) in [5.74, 6) is -0.325. The number of likely N-dealkylation sites (tertiary alicyclic amines) is 1. The highest BCUT2D eigenvalue weighted by molar-refractivity contribution is 6.30. The number of hydrogen-bond acceptors (Lipinski definition) is 3. The van der Waals surface area contributed by atoms with Gasteiger partial charge in [0.2, 0.25) is 0 Å². The van der Waals surface area contributed by atoms with E-state index in [1.54, 1.807) is 25.3 Å². The number of halogens is 2. The van der Waals surface area contributed by atoms with Gasteiger partial charge in [-0.3, -0.25) is 4.90 Å². The monoisotopic (exact) mass is 286 g/mol. The van der Waals surface area contributed by atoms with Crippen molar-refractivity contribution in [2.24, 2.45) is 5.73 Å². The fourth-order valence-corrected chi connectivity index (χ4v) is 2.81. The Labute approximate surface area is 118 Å². The van der Waals surface area contributed by atoms with Gasteiger partial charge in [-0.25, -0.2) is 4.39 Å². The van der Waals surface area contributed by atoms with Gasteiger partial charge in [-0.1, -0.05) is 23.7 Å². The lowest BCUT2D eigenvalue weighted by Crippen LogP contribution is -2.48. The molecule has 1 aromatic carbocycles. The third kappa shape index (κ3) is 3.45. The average molecular weight is 287 g/mol. The number of hydrogen-bond donors (Lipinski definition) is 1. The van der Waals surface area contributed by atoms with E-state index in [0.29, 0.717) is 18.7 Å². The summed E-state index contributed by atoms with van der Waals surface area (Å²) in [7, 11) is 1.73. The van der Waals surface area contributed by atoms with Crippen molar-refractivity contribution in [3.63, 3.8) is 0 Å². The Morgan fingerprint density at radius 1 is 1.53 bits per heavy atom. The molecule has 2 N–H and O–H groups in total. The van der Waals surface area contributed by atoms with Crippen LogP contribution in [0.3, 0.4) is 0 Å². The topological polar surface area (TPSA) is 38.5 Å². The first-order valence-electron chi connectivity index (χ1n) is 6.55. The van der Waals surface area contributed by atoms with Crippen LogP contribution in [0.1, 0.15) is 18.4 Å². The van der Waals surface area contributed by atoms with Crippen LogP contribution in [0, 0.1) is 5.82 Å². The highest BCUT2D eigenvalue weighted by Crippen LogP contribution is 2.24. The molecular weight excluding hydrogens is 267 g/mol. The van der Waals surface area contributed by atoms with E-state index in [-0.39, 0.29) is 23.0 Å². The fraction of sp³-hybridized carbons (Fsp3) is 0.571. The summed E-state index contributed by atoms with van der Waals surface area (Å²) in [6, 6.07) is 5.35. The summed E-state index contributed by atoms with van der Waals surface area (Å²) in [6.45, 7) is 1.97. The Balaban J connectivity index is 2.07. The summed E-state index contributed by atoms with van der Waals surface area (Å²) in [5.41, 5.74) is 6.44. The van der Waals surface area contributed by atoms with Crippen molar-refractivity contribution in [1.82, 2.24) is 4.90 Å². The number of rotatable bonds is 4. The molecule has 0 aromatic heterocycles. The summed E-state index contributed by atoms with van der Waals surface area (Å²) in [5, 5.41) is 0.175. The molecule has 2 unspecified atom stereocenters. The quantitative estimate of drug-likeness (QED) is 0.924. The van der Waals surface area contributed by atoms with Crippen molar-refractivity contribution < 1.29 is 9.13 Å². The van der Waals surface area contributed by atoms with Crippen LogP contribution in [0.25, 0.3) is 0 Å². The summed E-state index contributed by atoms with van der Waals surface area (Å²) in [6.07, 6.45) is 2.11. The number of methoxy groups -OCH3 is 1. The molecule has 1 aliphatic heterocycles. The molecule has 106 valence electrons. The first kappa shape index (κ1) is 14.7. The predicted molar refractivity (Wildman–Crippen MR) is 74.7 cm³/mol. The normalized spacial score (nSPS) is 24.6. The van der Waals surface area contributed by atoms with Gasteiger partial charge in [-0.2, -0.15) is 0 Å². The van der Waals surface area contributed by atoms with Gasteiger partial charge in [0.15, 0.2) is 0 Å². The second-order valence-corrected chi connectivity index (χ2v) is 5.36. The highest BCUT2D eigenvalue weighted by Gasteiger charge is 2.28. The second-order valence-electron chi connectivity index (χ2n) is 4.96. The van der Waals surface area contributed by atoms with Crippen LogP contribution in [-0.4, -0.2) is 37.2 Å². The molecule has 19 heavy (non-hydrogen) atoms. The molecule has 0 aliphatic carbocycles. The average Bonchev–Trinajstić information content (AvgIpc) is 2.44. The zero-order valence-electron chi connectivity index (χ0n) is 11.1. The van der Waals surface area contributed by atoms with Crippen molar-refractivity contribution in [3.05, 3.63) is 34.6 Å². The van der Waals surface area contributed by atoms with Gasteiger partial charge in [0.1, 0.15) is 5.82 Å². The van der Waals surface area contributed by atoms with E-state index in [0.717, 1.165) is 19.4 Å². The van der Waals surface area contributed by atoms with Crippen LogP contribution in [-0.2, 0) is 11.3 Å². The maximum Gasteiger partial charge on any atom is 0.146 e.